The van der Waals surface area contributed by atoms with E-state index >= 15 is 0 Å². The van der Waals surface area contributed by atoms with Crippen LogP contribution >= 0.6 is 0 Å². The monoisotopic (exact) mass is 385 g/mol. The van der Waals surface area contributed by atoms with Crippen molar-refractivity contribution in [1.29, 1.82) is 0 Å². The molecule has 1 atom stereocenters. The van der Waals surface area contributed by atoms with E-state index in [4.69, 9.17) is 9.15 Å². The lowest BCUT2D eigenvalue weighted by Crippen LogP contribution is -2.35. The Morgan fingerprint density at radius 2 is 2.22 bits per heavy atom. The van der Waals surface area contributed by atoms with E-state index in [9.17, 15) is 13.2 Å². The molecule has 27 heavy (non-hydrogen) atoms. The average molecular weight is 385 g/mol. The molecule has 3 heterocycles. The molecule has 1 unspecified atom stereocenters. The summed E-state index contributed by atoms with van der Waals surface area (Å²) in [6, 6.07) is 6.90. The maximum atomic E-state index is 12.2. The first-order chi connectivity index (χ1) is 13.0. The first-order valence-corrected chi connectivity index (χ1v) is 9.83. The highest BCUT2D eigenvalue weighted by molar-refractivity contribution is 7.94. The minimum absolute atomic E-state index is 0.0480. The van der Waals surface area contributed by atoms with Gasteiger partial charge in [-0.3, -0.25) is 9.78 Å². The van der Waals surface area contributed by atoms with Gasteiger partial charge in [-0.1, -0.05) is 12.1 Å². The van der Waals surface area contributed by atoms with Gasteiger partial charge in [0.05, 0.1) is 11.8 Å². The number of carbonyl (C=O) groups is 1. The molecule has 4 rings (SSSR count). The van der Waals surface area contributed by atoms with Crippen LogP contribution in [0.5, 0.6) is 5.75 Å². The Morgan fingerprint density at radius 1 is 1.33 bits per heavy atom. The summed E-state index contributed by atoms with van der Waals surface area (Å²) in [6.07, 6.45) is 6.08. The summed E-state index contributed by atoms with van der Waals surface area (Å²) < 4.78 is 33.8. The number of amides is 1. The molecule has 9 heteroatoms. The molecule has 138 valence electrons. The van der Waals surface area contributed by atoms with Crippen molar-refractivity contribution in [3.8, 4) is 5.75 Å². The Hall–Kier alpha value is -3.20. The third-order valence-electron chi connectivity index (χ3n) is 4.02. The molecule has 1 aliphatic rings. The third kappa shape index (κ3) is 3.82. The van der Waals surface area contributed by atoms with Crippen molar-refractivity contribution in [2.45, 2.75) is 12.6 Å². The number of hydrogen-bond acceptors (Lipinski definition) is 7. The number of carbonyl (C=O) groups excluding carboxylic acids is 1. The Bertz CT molecular complexity index is 1130. The number of oxazole rings is 1. The fourth-order valence-corrected chi connectivity index (χ4v) is 3.98. The minimum Gasteiger partial charge on any atom is -0.483 e. The van der Waals surface area contributed by atoms with E-state index in [0.29, 0.717) is 5.75 Å². The van der Waals surface area contributed by atoms with Crippen molar-refractivity contribution in [2.75, 3.05) is 5.75 Å². The lowest BCUT2D eigenvalue weighted by molar-refractivity contribution is 0.0942. The number of rotatable bonds is 5. The average Bonchev–Trinajstić information content (AvgIpc) is 3.26. The summed E-state index contributed by atoms with van der Waals surface area (Å²) in [6.45, 7) is 0.0480. The molecule has 0 radical (unpaired) electrons. The maximum absolute atomic E-state index is 12.2. The molecular weight excluding hydrogens is 370 g/mol. The summed E-state index contributed by atoms with van der Waals surface area (Å²) in [4.78, 5) is 20.3. The fourth-order valence-electron chi connectivity index (χ4n) is 2.75. The second-order valence-electron chi connectivity index (χ2n) is 6.01. The minimum atomic E-state index is -3.24. The summed E-state index contributed by atoms with van der Waals surface area (Å²) >= 11 is 0. The SMILES string of the molecule is O=C(NC1C=CS(=O)(=O)C1)c1coc(COc2cccc3cnccc23)n1. The number of benzene rings is 1. The van der Waals surface area contributed by atoms with Gasteiger partial charge in [-0.05, 0) is 18.2 Å². The second-order valence-corrected chi connectivity index (χ2v) is 7.94. The molecule has 8 nitrogen and oxygen atoms in total. The highest BCUT2D eigenvalue weighted by atomic mass is 32.2. The molecule has 0 fully saturated rings. The molecule has 0 bridgehead atoms. The van der Waals surface area contributed by atoms with E-state index in [-0.39, 0.29) is 23.9 Å². The van der Waals surface area contributed by atoms with Crippen LogP contribution in [0.3, 0.4) is 0 Å². The Kier molecular flexibility index (Phi) is 4.36. The van der Waals surface area contributed by atoms with E-state index < -0.39 is 21.8 Å². The number of fused-ring (bicyclic) bond motifs is 1. The summed E-state index contributed by atoms with van der Waals surface area (Å²) in [5.74, 6) is 0.233. The zero-order valence-electron chi connectivity index (χ0n) is 14.0. The highest BCUT2D eigenvalue weighted by Gasteiger charge is 2.24. The fraction of sp³-hybridized carbons (Fsp3) is 0.167. The van der Waals surface area contributed by atoms with Gasteiger partial charge < -0.3 is 14.5 Å². The van der Waals surface area contributed by atoms with Gasteiger partial charge in [0.1, 0.15) is 12.0 Å². The van der Waals surface area contributed by atoms with Crippen LogP contribution in [0.1, 0.15) is 16.4 Å². The van der Waals surface area contributed by atoms with E-state index in [2.05, 4.69) is 15.3 Å². The standard InChI is InChI=1S/C18H15N3O5S/c22-18(20-13-5-7-27(23,24)11-13)15-9-26-17(21-15)10-25-16-3-1-2-12-8-19-6-4-14(12)16/h1-9,13H,10-11H2,(H,20,22). The maximum Gasteiger partial charge on any atom is 0.273 e. The number of sulfone groups is 1. The van der Waals surface area contributed by atoms with Gasteiger partial charge in [-0.2, -0.15) is 0 Å². The highest BCUT2D eigenvalue weighted by Crippen LogP contribution is 2.25. The zero-order valence-corrected chi connectivity index (χ0v) is 14.8. The van der Waals surface area contributed by atoms with E-state index in [1.807, 2.05) is 24.3 Å². The Labute approximate surface area is 154 Å². The largest absolute Gasteiger partial charge is 0.483 e. The third-order valence-corrected chi connectivity index (χ3v) is 5.42. The van der Waals surface area contributed by atoms with Gasteiger partial charge in [-0.15, -0.1) is 0 Å². The Balaban J connectivity index is 1.41. The molecule has 1 amide bonds. The van der Waals surface area contributed by atoms with Crippen LogP contribution in [-0.2, 0) is 16.4 Å². The van der Waals surface area contributed by atoms with Crippen LogP contribution in [0.15, 0.2) is 58.8 Å². The molecule has 0 spiro atoms. The van der Waals surface area contributed by atoms with Crippen molar-refractivity contribution >= 4 is 26.5 Å². The number of hydrogen-bond donors (Lipinski definition) is 1. The van der Waals surface area contributed by atoms with Crippen LogP contribution in [0.25, 0.3) is 10.8 Å². The molecule has 0 aliphatic carbocycles. The summed E-state index contributed by atoms with van der Waals surface area (Å²) in [5, 5.41) is 5.54. The molecule has 3 aromatic rings. The molecule has 1 aliphatic heterocycles. The van der Waals surface area contributed by atoms with Crippen LogP contribution in [0, 0.1) is 0 Å². The molecular formula is C18H15N3O5S. The molecule has 2 aromatic heterocycles. The van der Waals surface area contributed by atoms with E-state index in [1.165, 1.54) is 12.3 Å². The lowest BCUT2D eigenvalue weighted by Gasteiger charge is -2.08. The summed E-state index contributed by atoms with van der Waals surface area (Å²) in [5.41, 5.74) is 0.0633. The number of pyridine rings is 1. The summed E-state index contributed by atoms with van der Waals surface area (Å²) in [7, 11) is -3.24. The number of nitrogens with zero attached hydrogens (tertiary/aromatic N) is 2. The number of ether oxygens (including phenoxy) is 1. The number of nitrogens with one attached hydrogen (secondary N) is 1. The predicted molar refractivity (Wildman–Crippen MR) is 96.8 cm³/mol. The van der Waals surface area contributed by atoms with Crippen molar-refractivity contribution in [3.05, 3.63) is 66.0 Å². The van der Waals surface area contributed by atoms with Gasteiger partial charge >= 0.3 is 0 Å². The van der Waals surface area contributed by atoms with Crippen LogP contribution in [0.2, 0.25) is 0 Å². The second kappa shape index (κ2) is 6.84. The van der Waals surface area contributed by atoms with Crippen LogP contribution in [0.4, 0.5) is 0 Å². The normalized spacial score (nSPS) is 17.9. The zero-order chi connectivity index (χ0) is 18.9. The van der Waals surface area contributed by atoms with Crippen molar-refractivity contribution in [3.63, 3.8) is 0 Å². The molecule has 1 N–H and O–H groups in total. The van der Waals surface area contributed by atoms with Crippen molar-refractivity contribution < 1.29 is 22.4 Å². The lowest BCUT2D eigenvalue weighted by atomic mass is 10.1. The molecule has 0 saturated heterocycles. The molecule has 0 saturated carbocycles. The molecule has 1 aromatic carbocycles. The van der Waals surface area contributed by atoms with Crippen LogP contribution in [-0.4, -0.2) is 36.1 Å². The van der Waals surface area contributed by atoms with Gasteiger partial charge in [-0.25, -0.2) is 13.4 Å². The number of aromatic nitrogens is 2. The van der Waals surface area contributed by atoms with Crippen LogP contribution < -0.4 is 10.1 Å². The predicted octanol–water partition coefficient (Wildman–Crippen LogP) is 1.84. The quantitative estimate of drug-likeness (QED) is 0.713. The van der Waals surface area contributed by atoms with Crippen molar-refractivity contribution in [1.82, 2.24) is 15.3 Å². The van der Waals surface area contributed by atoms with E-state index in [1.54, 1.807) is 12.4 Å². The van der Waals surface area contributed by atoms with Gasteiger partial charge in [0.15, 0.2) is 22.1 Å². The first-order valence-electron chi connectivity index (χ1n) is 8.12. The van der Waals surface area contributed by atoms with Gasteiger partial charge in [0, 0.05) is 28.6 Å². The van der Waals surface area contributed by atoms with Gasteiger partial charge in [0.2, 0.25) is 5.89 Å². The topological polar surface area (TPSA) is 111 Å². The van der Waals surface area contributed by atoms with E-state index in [0.717, 1.165) is 16.2 Å². The smallest absolute Gasteiger partial charge is 0.273 e. The first kappa shape index (κ1) is 17.2. The van der Waals surface area contributed by atoms with Gasteiger partial charge in [0.25, 0.3) is 5.91 Å². The Morgan fingerprint density at radius 3 is 3.04 bits per heavy atom. The van der Waals surface area contributed by atoms with Crippen molar-refractivity contribution in [2.24, 2.45) is 0 Å².